The molecule has 0 saturated carbocycles. The fourth-order valence-electron chi connectivity index (χ4n) is 1.70. The minimum absolute atomic E-state index is 0.0178. The molecule has 0 unspecified atom stereocenters. The monoisotopic (exact) mass is 299 g/mol. The number of aromatic nitrogens is 2. The first-order valence-electron chi connectivity index (χ1n) is 5.76. The second-order valence-electron chi connectivity index (χ2n) is 3.93. The average Bonchev–Trinajstić information content (AvgIpc) is 3.06. The molecule has 2 aromatic rings. The zero-order valence-corrected chi connectivity index (χ0v) is 11.4. The number of H-pyrrole nitrogens is 1. The number of carboxylic acid groups (broad SMARTS) is 1. The van der Waals surface area contributed by atoms with Gasteiger partial charge in [0.1, 0.15) is 11.3 Å². The molecule has 0 aromatic carbocycles. The molecule has 2 heterocycles. The van der Waals surface area contributed by atoms with Crippen LogP contribution >= 0.6 is 0 Å². The predicted octanol–water partition coefficient (Wildman–Crippen LogP) is 0.912. The molecule has 20 heavy (non-hydrogen) atoms. The molecule has 0 aliphatic rings. The van der Waals surface area contributed by atoms with Crippen molar-refractivity contribution in [2.45, 2.75) is 18.5 Å². The molecule has 108 valence electrons. The quantitative estimate of drug-likeness (QED) is 0.819. The number of nitrogens with zero attached hydrogens (tertiary/aromatic N) is 2. The maximum absolute atomic E-state index is 12.4. The van der Waals surface area contributed by atoms with Crippen molar-refractivity contribution in [1.29, 1.82) is 0 Å². The maximum atomic E-state index is 12.4. The molecule has 0 aliphatic carbocycles. The third-order valence-corrected chi connectivity index (χ3v) is 4.59. The summed E-state index contributed by atoms with van der Waals surface area (Å²) in [5.74, 6) is -0.891. The number of hydrogen-bond donors (Lipinski definition) is 2. The summed E-state index contributed by atoms with van der Waals surface area (Å²) < 4.78 is 31.1. The Labute approximate surface area is 115 Å². The van der Waals surface area contributed by atoms with Crippen molar-refractivity contribution in [2.75, 3.05) is 6.54 Å². The van der Waals surface area contributed by atoms with Crippen molar-refractivity contribution >= 4 is 16.0 Å². The van der Waals surface area contributed by atoms with Gasteiger partial charge in [-0.25, -0.2) is 13.2 Å². The van der Waals surface area contributed by atoms with Gasteiger partial charge in [-0.15, -0.1) is 0 Å². The highest BCUT2D eigenvalue weighted by atomic mass is 32.2. The SMILES string of the molecule is CCN(Cc1ccco1)S(=O)(=O)c1[nH]ncc1C(=O)O. The van der Waals surface area contributed by atoms with Crippen LogP contribution in [-0.2, 0) is 16.6 Å². The van der Waals surface area contributed by atoms with Crippen molar-refractivity contribution < 1.29 is 22.7 Å². The molecule has 2 rings (SSSR count). The first-order chi connectivity index (χ1) is 9.46. The van der Waals surface area contributed by atoms with E-state index in [1.807, 2.05) is 0 Å². The number of carboxylic acids is 1. The predicted molar refractivity (Wildman–Crippen MR) is 67.5 cm³/mol. The third kappa shape index (κ3) is 2.58. The second-order valence-corrected chi connectivity index (χ2v) is 5.80. The molecule has 9 heteroatoms. The first-order valence-corrected chi connectivity index (χ1v) is 7.20. The molecule has 2 N–H and O–H groups in total. The summed E-state index contributed by atoms with van der Waals surface area (Å²) in [6.45, 7) is 1.84. The van der Waals surface area contributed by atoms with Crippen molar-refractivity contribution in [3.8, 4) is 0 Å². The lowest BCUT2D eigenvalue weighted by atomic mass is 10.4. The summed E-state index contributed by atoms with van der Waals surface area (Å²) in [6, 6.07) is 3.29. The number of furan rings is 1. The molecule has 8 nitrogen and oxygen atoms in total. The Bertz CT molecular complexity index is 689. The number of rotatable bonds is 6. The van der Waals surface area contributed by atoms with Gasteiger partial charge in [0, 0.05) is 6.54 Å². The standard InChI is InChI=1S/C11H13N3O5S/c1-2-14(7-8-4-3-5-19-8)20(17,18)10-9(11(15)16)6-12-13-10/h3-6H,2,7H2,1H3,(H,12,13)(H,15,16). The molecule has 0 atom stereocenters. The molecule has 0 bridgehead atoms. The van der Waals surface area contributed by atoms with Crippen molar-refractivity contribution in [3.63, 3.8) is 0 Å². The maximum Gasteiger partial charge on any atom is 0.340 e. The van der Waals surface area contributed by atoms with E-state index in [9.17, 15) is 13.2 Å². The van der Waals surface area contributed by atoms with Crippen molar-refractivity contribution in [2.24, 2.45) is 0 Å². The van der Waals surface area contributed by atoms with Crippen LogP contribution in [0.4, 0.5) is 0 Å². The minimum Gasteiger partial charge on any atom is -0.478 e. The Kier molecular flexibility index (Phi) is 3.91. The summed E-state index contributed by atoms with van der Waals surface area (Å²) in [4.78, 5) is 11.0. The van der Waals surface area contributed by atoms with Gasteiger partial charge in [0.25, 0.3) is 10.0 Å². The van der Waals surface area contributed by atoms with Crippen molar-refractivity contribution in [1.82, 2.24) is 14.5 Å². The number of carbonyl (C=O) groups is 1. The van der Waals surface area contributed by atoms with E-state index < -0.39 is 21.0 Å². The van der Waals surface area contributed by atoms with E-state index in [1.54, 1.807) is 19.1 Å². The van der Waals surface area contributed by atoms with Crippen LogP contribution in [0.15, 0.2) is 34.0 Å². The molecular formula is C11H13N3O5S. The summed E-state index contributed by atoms with van der Waals surface area (Å²) in [6.07, 6.45) is 2.41. The van der Waals surface area contributed by atoms with Crippen LogP contribution in [-0.4, -0.2) is 40.5 Å². The Balaban J connectivity index is 2.36. The van der Waals surface area contributed by atoms with Crippen LogP contribution in [0.2, 0.25) is 0 Å². The van der Waals surface area contributed by atoms with Gasteiger partial charge in [-0.05, 0) is 12.1 Å². The molecular weight excluding hydrogens is 286 g/mol. The van der Waals surface area contributed by atoms with Gasteiger partial charge in [-0.1, -0.05) is 6.92 Å². The van der Waals surface area contributed by atoms with Crippen LogP contribution in [0.25, 0.3) is 0 Å². The molecule has 0 amide bonds. The first kappa shape index (κ1) is 14.3. The highest BCUT2D eigenvalue weighted by Gasteiger charge is 2.30. The van der Waals surface area contributed by atoms with E-state index >= 15 is 0 Å². The highest BCUT2D eigenvalue weighted by Crippen LogP contribution is 2.19. The zero-order chi connectivity index (χ0) is 14.8. The van der Waals surface area contributed by atoms with Crippen LogP contribution in [0.5, 0.6) is 0 Å². The van der Waals surface area contributed by atoms with Gasteiger partial charge in [-0.3, -0.25) is 5.10 Å². The topological polar surface area (TPSA) is 117 Å². The number of nitrogens with one attached hydrogen (secondary N) is 1. The number of aromatic carboxylic acids is 1. The number of sulfonamides is 1. The fraction of sp³-hybridized carbons (Fsp3) is 0.273. The minimum atomic E-state index is -3.99. The van der Waals surface area contributed by atoms with Crippen LogP contribution in [0, 0.1) is 0 Å². The molecule has 0 aliphatic heterocycles. The van der Waals surface area contributed by atoms with Crippen molar-refractivity contribution in [3.05, 3.63) is 35.9 Å². The lowest BCUT2D eigenvalue weighted by Gasteiger charge is -2.18. The Morgan fingerprint density at radius 2 is 2.30 bits per heavy atom. The van der Waals surface area contributed by atoms with E-state index in [-0.39, 0.29) is 18.7 Å². The summed E-state index contributed by atoms with van der Waals surface area (Å²) >= 11 is 0. The largest absolute Gasteiger partial charge is 0.478 e. The Hall–Kier alpha value is -2.13. The van der Waals surface area contributed by atoms with Gasteiger partial charge in [0.15, 0.2) is 5.03 Å². The lowest BCUT2D eigenvalue weighted by molar-refractivity contribution is 0.0692. The lowest BCUT2D eigenvalue weighted by Crippen LogP contribution is -2.31. The highest BCUT2D eigenvalue weighted by molar-refractivity contribution is 7.89. The molecule has 2 aromatic heterocycles. The van der Waals surface area contributed by atoms with E-state index in [1.165, 1.54) is 6.26 Å². The molecule has 0 radical (unpaired) electrons. The van der Waals surface area contributed by atoms with Gasteiger partial charge in [0.2, 0.25) is 0 Å². The zero-order valence-electron chi connectivity index (χ0n) is 10.6. The van der Waals surface area contributed by atoms with Gasteiger partial charge < -0.3 is 9.52 Å². The van der Waals surface area contributed by atoms with E-state index in [0.29, 0.717) is 5.76 Å². The van der Waals surface area contributed by atoms with Crippen LogP contribution < -0.4 is 0 Å². The molecule has 0 fully saturated rings. The normalized spacial score (nSPS) is 11.9. The van der Waals surface area contributed by atoms with Crippen LogP contribution in [0.3, 0.4) is 0 Å². The van der Waals surface area contributed by atoms with E-state index in [2.05, 4.69) is 10.2 Å². The average molecular weight is 299 g/mol. The van der Waals surface area contributed by atoms with Gasteiger partial charge in [-0.2, -0.15) is 9.40 Å². The summed E-state index contributed by atoms with van der Waals surface area (Å²) in [7, 11) is -3.99. The molecule has 0 spiro atoms. The van der Waals surface area contributed by atoms with E-state index in [4.69, 9.17) is 9.52 Å². The number of aromatic amines is 1. The molecule has 0 saturated heterocycles. The Morgan fingerprint density at radius 3 is 2.85 bits per heavy atom. The fourth-order valence-corrected chi connectivity index (χ4v) is 3.18. The summed E-state index contributed by atoms with van der Waals surface area (Å²) in [5.41, 5.74) is -0.386. The van der Waals surface area contributed by atoms with Gasteiger partial charge >= 0.3 is 5.97 Å². The van der Waals surface area contributed by atoms with Crippen LogP contribution in [0.1, 0.15) is 23.0 Å². The second kappa shape index (κ2) is 5.47. The Morgan fingerprint density at radius 1 is 1.55 bits per heavy atom. The van der Waals surface area contributed by atoms with E-state index in [0.717, 1.165) is 10.5 Å². The third-order valence-electron chi connectivity index (χ3n) is 2.70. The number of hydrogen-bond acceptors (Lipinski definition) is 5. The van der Waals surface area contributed by atoms with Gasteiger partial charge in [0.05, 0.1) is 19.0 Å². The smallest absolute Gasteiger partial charge is 0.340 e. The summed E-state index contributed by atoms with van der Waals surface area (Å²) in [5, 5.41) is 14.3.